The molecule has 0 radical (unpaired) electrons. The van der Waals surface area contributed by atoms with E-state index in [1.807, 2.05) is 0 Å². The molecule has 0 fully saturated rings. The van der Waals surface area contributed by atoms with Gasteiger partial charge in [-0.1, -0.05) is 36.4 Å². The summed E-state index contributed by atoms with van der Waals surface area (Å²) in [5.74, 6) is 0.455. The molecule has 0 bridgehead atoms. The summed E-state index contributed by atoms with van der Waals surface area (Å²) < 4.78 is 47.4. The van der Waals surface area contributed by atoms with E-state index in [1.54, 1.807) is 54.6 Å². The van der Waals surface area contributed by atoms with E-state index in [0.717, 1.165) is 10.6 Å². The zero-order chi connectivity index (χ0) is 17.8. The maximum absolute atomic E-state index is 13.8. The first-order valence-corrected chi connectivity index (χ1v) is 7.63. The second-order valence-electron chi connectivity index (χ2n) is 5.91. The van der Waals surface area contributed by atoms with Crippen LogP contribution in [0.1, 0.15) is 11.3 Å². The Hall–Kier alpha value is -2.73. The summed E-state index contributed by atoms with van der Waals surface area (Å²) >= 11 is 0. The van der Waals surface area contributed by atoms with Gasteiger partial charge in [0.2, 0.25) is 0 Å². The summed E-state index contributed by atoms with van der Waals surface area (Å²) in [6.45, 7) is 0. The summed E-state index contributed by atoms with van der Waals surface area (Å²) in [5.41, 5.74) is -1.62. The van der Waals surface area contributed by atoms with Gasteiger partial charge in [-0.2, -0.15) is 13.2 Å². The van der Waals surface area contributed by atoms with Crippen molar-refractivity contribution < 1.29 is 23.0 Å². The van der Waals surface area contributed by atoms with Crippen molar-refractivity contribution in [1.29, 1.82) is 0 Å². The third-order valence-corrected chi connectivity index (χ3v) is 4.49. The molecule has 1 N–H and O–H groups in total. The van der Waals surface area contributed by atoms with Crippen molar-refractivity contribution in [3.63, 3.8) is 0 Å². The lowest BCUT2D eigenvalue weighted by Crippen LogP contribution is -2.44. The molecular weight excluding hydrogens is 331 g/mol. The first kappa shape index (κ1) is 15.8. The predicted octanol–water partition coefficient (Wildman–Crippen LogP) is 4.30. The molecule has 3 nitrogen and oxygen atoms in total. The highest BCUT2D eigenvalue weighted by Gasteiger charge is 2.58. The van der Waals surface area contributed by atoms with Crippen LogP contribution in [0.25, 0.3) is 16.5 Å². The minimum Gasteiger partial charge on any atom is -0.496 e. The molecule has 4 rings (SSSR count). The number of benzene rings is 2. The zero-order valence-electron chi connectivity index (χ0n) is 13.2. The molecule has 1 aliphatic rings. The van der Waals surface area contributed by atoms with Crippen LogP contribution in [0.3, 0.4) is 0 Å². The first-order valence-electron chi connectivity index (χ1n) is 7.63. The molecule has 2 heterocycles. The number of hydrogen-bond acceptors (Lipinski definition) is 2. The van der Waals surface area contributed by atoms with E-state index < -0.39 is 11.9 Å². The minimum absolute atomic E-state index is 0.261. The van der Waals surface area contributed by atoms with Crippen LogP contribution in [0.2, 0.25) is 0 Å². The monoisotopic (exact) mass is 345 g/mol. The normalized spacial score (nSPS) is 19.8. The Labute approximate surface area is 141 Å². The van der Waals surface area contributed by atoms with Gasteiger partial charge in [-0.25, -0.2) is 0 Å². The molecule has 0 spiro atoms. The second-order valence-corrected chi connectivity index (χ2v) is 5.91. The van der Waals surface area contributed by atoms with Gasteiger partial charge in [-0.3, -0.25) is 0 Å². The van der Waals surface area contributed by atoms with Crippen LogP contribution in [-0.4, -0.2) is 23.0 Å². The lowest BCUT2D eigenvalue weighted by Gasteiger charge is -2.27. The third-order valence-electron chi connectivity index (χ3n) is 4.49. The summed E-state index contributed by atoms with van der Waals surface area (Å²) in [6, 6.07) is 15.1. The van der Waals surface area contributed by atoms with E-state index in [1.165, 1.54) is 7.11 Å². The van der Waals surface area contributed by atoms with Gasteiger partial charge in [0.25, 0.3) is 5.72 Å². The number of aromatic nitrogens is 1. The Morgan fingerprint density at radius 2 is 1.76 bits per heavy atom. The molecule has 3 aromatic rings. The number of alkyl halides is 3. The first-order chi connectivity index (χ1) is 11.9. The predicted molar refractivity (Wildman–Crippen MR) is 88.3 cm³/mol. The van der Waals surface area contributed by atoms with Gasteiger partial charge >= 0.3 is 6.18 Å². The number of aliphatic hydroxyl groups is 1. The van der Waals surface area contributed by atoms with Gasteiger partial charge < -0.3 is 14.4 Å². The van der Waals surface area contributed by atoms with Crippen LogP contribution in [0.5, 0.6) is 5.75 Å². The van der Waals surface area contributed by atoms with Crippen molar-refractivity contribution in [2.24, 2.45) is 0 Å². The summed E-state index contributed by atoms with van der Waals surface area (Å²) in [7, 11) is 1.46. The van der Waals surface area contributed by atoms with E-state index in [2.05, 4.69) is 0 Å². The molecule has 1 unspecified atom stereocenters. The van der Waals surface area contributed by atoms with Crippen LogP contribution in [0, 0.1) is 0 Å². The van der Waals surface area contributed by atoms with E-state index in [-0.39, 0.29) is 5.52 Å². The molecule has 0 saturated carbocycles. The smallest absolute Gasteiger partial charge is 0.441 e. The van der Waals surface area contributed by atoms with Crippen molar-refractivity contribution in [1.82, 2.24) is 4.57 Å². The Balaban J connectivity index is 2.08. The fourth-order valence-electron chi connectivity index (χ4n) is 3.34. The van der Waals surface area contributed by atoms with Gasteiger partial charge in [0.1, 0.15) is 5.75 Å². The minimum atomic E-state index is -4.87. The SMILES string of the molecule is COc1cccc2c1cc1n2C(O)(C(F)(F)F)C=C1c1ccccc1. The fraction of sp³-hybridized carbons (Fsp3) is 0.158. The molecule has 25 heavy (non-hydrogen) atoms. The summed E-state index contributed by atoms with van der Waals surface area (Å²) in [4.78, 5) is 0. The van der Waals surface area contributed by atoms with Crippen LogP contribution in [-0.2, 0) is 5.72 Å². The van der Waals surface area contributed by atoms with Crippen molar-refractivity contribution in [2.45, 2.75) is 11.9 Å². The quantitative estimate of drug-likeness (QED) is 0.751. The van der Waals surface area contributed by atoms with Crippen molar-refractivity contribution >= 4 is 16.5 Å². The highest BCUT2D eigenvalue weighted by molar-refractivity contribution is 5.95. The van der Waals surface area contributed by atoms with Crippen molar-refractivity contribution in [3.05, 3.63) is 71.9 Å². The number of methoxy groups -OCH3 is 1. The maximum Gasteiger partial charge on any atom is 0.441 e. The van der Waals surface area contributed by atoms with Crippen molar-refractivity contribution in [3.8, 4) is 5.75 Å². The molecule has 0 aliphatic carbocycles. The largest absolute Gasteiger partial charge is 0.496 e. The number of fused-ring (bicyclic) bond motifs is 3. The molecule has 1 aliphatic heterocycles. The van der Waals surface area contributed by atoms with Gasteiger partial charge in [0.05, 0.1) is 18.3 Å². The van der Waals surface area contributed by atoms with Crippen LogP contribution in [0.15, 0.2) is 60.7 Å². The molecule has 128 valence electrons. The van der Waals surface area contributed by atoms with Crippen LogP contribution < -0.4 is 4.74 Å². The third kappa shape index (κ3) is 2.10. The lowest BCUT2D eigenvalue weighted by molar-refractivity contribution is -0.272. The standard InChI is InChI=1S/C19H14F3NO2/c1-25-17-9-5-8-15-13(17)10-16-14(12-6-3-2-4-7-12)11-18(24,23(15)16)19(20,21)22/h2-11,24H,1H3. The topological polar surface area (TPSA) is 34.4 Å². The average Bonchev–Trinajstić information content (AvgIpc) is 3.12. The van der Waals surface area contributed by atoms with Crippen LogP contribution in [0.4, 0.5) is 13.2 Å². The van der Waals surface area contributed by atoms with Gasteiger partial charge in [0, 0.05) is 11.0 Å². The van der Waals surface area contributed by atoms with Crippen molar-refractivity contribution in [2.75, 3.05) is 7.11 Å². The Kier molecular flexibility index (Phi) is 3.24. The number of ether oxygens (including phenoxy) is 1. The average molecular weight is 345 g/mol. The molecule has 0 amide bonds. The molecule has 6 heteroatoms. The second kappa shape index (κ2) is 5.13. The Morgan fingerprint density at radius 1 is 1.04 bits per heavy atom. The van der Waals surface area contributed by atoms with E-state index in [9.17, 15) is 18.3 Å². The summed E-state index contributed by atoms with van der Waals surface area (Å²) in [5, 5.41) is 11.1. The maximum atomic E-state index is 13.8. The van der Waals surface area contributed by atoms with E-state index in [0.29, 0.717) is 28.0 Å². The lowest BCUT2D eigenvalue weighted by atomic mass is 10.0. The van der Waals surface area contributed by atoms with Gasteiger partial charge in [0.15, 0.2) is 0 Å². The summed E-state index contributed by atoms with van der Waals surface area (Å²) in [6.07, 6.45) is -4.00. The number of nitrogens with zero attached hydrogens (tertiary/aromatic N) is 1. The molecule has 1 atom stereocenters. The highest BCUT2D eigenvalue weighted by atomic mass is 19.4. The van der Waals surface area contributed by atoms with Gasteiger partial charge in [-0.05, 0) is 29.8 Å². The van der Waals surface area contributed by atoms with Gasteiger partial charge in [-0.15, -0.1) is 0 Å². The van der Waals surface area contributed by atoms with E-state index >= 15 is 0 Å². The molecular formula is C19H14F3NO2. The number of halogens is 3. The Morgan fingerprint density at radius 3 is 2.40 bits per heavy atom. The Bertz CT molecular complexity index is 989. The zero-order valence-corrected chi connectivity index (χ0v) is 13.2. The fourth-order valence-corrected chi connectivity index (χ4v) is 3.34. The molecule has 1 aromatic heterocycles. The molecule has 0 saturated heterocycles. The highest BCUT2D eigenvalue weighted by Crippen LogP contribution is 2.49. The molecule has 2 aromatic carbocycles. The number of rotatable bonds is 2. The van der Waals surface area contributed by atoms with Crippen LogP contribution >= 0.6 is 0 Å². The number of hydrogen-bond donors (Lipinski definition) is 1. The van der Waals surface area contributed by atoms with E-state index in [4.69, 9.17) is 4.74 Å².